The van der Waals surface area contributed by atoms with Gasteiger partial charge in [0.15, 0.2) is 0 Å². The molecule has 0 aliphatic heterocycles. The normalized spacial score (nSPS) is 11.9. The number of esters is 1. The quantitative estimate of drug-likeness (QED) is 0.583. The molecule has 0 bridgehead atoms. The first-order chi connectivity index (χ1) is 7.95. The summed E-state index contributed by atoms with van der Waals surface area (Å²) in [6.07, 6.45) is 1.94. The number of carbonyl (C=O) groups excluding carboxylic acids is 1. The standard InChI is InChI=1S/C13H27NO3/c1-6-9-14(11-12(15)17-7-2)10-8-13(3,4)16-5/h6-11H2,1-5H3. The Bertz CT molecular complexity index is 217. The molecular formula is C13H27NO3. The van der Waals surface area contributed by atoms with E-state index in [9.17, 15) is 4.79 Å². The van der Waals surface area contributed by atoms with Crippen molar-refractivity contribution in [1.82, 2.24) is 4.90 Å². The lowest BCUT2D eigenvalue weighted by Crippen LogP contribution is -2.36. The predicted molar refractivity (Wildman–Crippen MR) is 69.1 cm³/mol. The average Bonchev–Trinajstić information content (AvgIpc) is 2.27. The summed E-state index contributed by atoms with van der Waals surface area (Å²) in [6, 6.07) is 0. The molecular weight excluding hydrogens is 218 g/mol. The van der Waals surface area contributed by atoms with Gasteiger partial charge in [-0.2, -0.15) is 0 Å². The molecule has 0 aliphatic rings. The third-order valence-electron chi connectivity index (χ3n) is 2.78. The maximum absolute atomic E-state index is 11.4. The van der Waals surface area contributed by atoms with Gasteiger partial charge in [-0.3, -0.25) is 9.69 Å². The van der Waals surface area contributed by atoms with Crippen LogP contribution in [-0.4, -0.2) is 49.8 Å². The van der Waals surface area contributed by atoms with Crippen molar-refractivity contribution in [3.63, 3.8) is 0 Å². The second-order valence-corrected chi connectivity index (χ2v) is 4.79. The molecule has 0 rings (SSSR count). The third kappa shape index (κ3) is 8.16. The molecule has 0 spiro atoms. The zero-order chi connectivity index (χ0) is 13.3. The van der Waals surface area contributed by atoms with Gasteiger partial charge >= 0.3 is 5.97 Å². The highest BCUT2D eigenvalue weighted by atomic mass is 16.5. The van der Waals surface area contributed by atoms with E-state index in [1.54, 1.807) is 7.11 Å². The molecule has 0 saturated carbocycles. The number of hydrogen-bond donors (Lipinski definition) is 0. The Morgan fingerprint density at radius 1 is 1.24 bits per heavy atom. The van der Waals surface area contributed by atoms with Gasteiger partial charge < -0.3 is 9.47 Å². The van der Waals surface area contributed by atoms with Crippen molar-refractivity contribution in [2.45, 2.75) is 46.1 Å². The summed E-state index contributed by atoms with van der Waals surface area (Å²) in [7, 11) is 1.72. The molecule has 0 amide bonds. The van der Waals surface area contributed by atoms with Crippen molar-refractivity contribution >= 4 is 5.97 Å². The Labute approximate surface area is 105 Å². The zero-order valence-electron chi connectivity index (χ0n) is 11.9. The van der Waals surface area contributed by atoms with Crippen molar-refractivity contribution in [1.29, 1.82) is 0 Å². The van der Waals surface area contributed by atoms with Gasteiger partial charge in [-0.1, -0.05) is 6.92 Å². The van der Waals surface area contributed by atoms with Crippen LogP contribution in [0.1, 0.15) is 40.5 Å². The summed E-state index contributed by atoms with van der Waals surface area (Å²) >= 11 is 0. The average molecular weight is 245 g/mol. The lowest BCUT2D eigenvalue weighted by Gasteiger charge is -2.27. The van der Waals surface area contributed by atoms with Crippen LogP contribution in [0.25, 0.3) is 0 Å². The maximum Gasteiger partial charge on any atom is 0.320 e. The van der Waals surface area contributed by atoms with Crippen LogP contribution in [0.2, 0.25) is 0 Å². The highest BCUT2D eigenvalue weighted by molar-refractivity contribution is 5.71. The minimum Gasteiger partial charge on any atom is -0.465 e. The van der Waals surface area contributed by atoms with Gasteiger partial charge in [0, 0.05) is 13.7 Å². The minimum atomic E-state index is -0.142. The van der Waals surface area contributed by atoms with Crippen LogP contribution in [0.4, 0.5) is 0 Å². The van der Waals surface area contributed by atoms with Gasteiger partial charge in [-0.25, -0.2) is 0 Å². The molecule has 0 aliphatic carbocycles. The van der Waals surface area contributed by atoms with Crippen LogP contribution in [0.3, 0.4) is 0 Å². The van der Waals surface area contributed by atoms with E-state index >= 15 is 0 Å². The van der Waals surface area contributed by atoms with Crippen LogP contribution in [0.15, 0.2) is 0 Å². The topological polar surface area (TPSA) is 38.8 Å². The first kappa shape index (κ1) is 16.4. The molecule has 0 unspecified atom stereocenters. The van der Waals surface area contributed by atoms with Gasteiger partial charge in [0.1, 0.15) is 0 Å². The molecule has 0 aromatic carbocycles. The van der Waals surface area contributed by atoms with E-state index in [1.165, 1.54) is 0 Å². The molecule has 0 aromatic rings. The minimum absolute atomic E-state index is 0.138. The maximum atomic E-state index is 11.4. The lowest BCUT2D eigenvalue weighted by molar-refractivity contribution is -0.144. The number of hydrogen-bond acceptors (Lipinski definition) is 4. The Morgan fingerprint density at radius 2 is 1.88 bits per heavy atom. The summed E-state index contributed by atoms with van der Waals surface area (Å²) in [4.78, 5) is 13.6. The monoisotopic (exact) mass is 245 g/mol. The van der Waals surface area contributed by atoms with Gasteiger partial charge in [0.2, 0.25) is 0 Å². The van der Waals surface area contributed by atoms with E-state index in [1.807, 2.05) is 6.92 Å². The summed E-state index contributed by atoms with van der Waals surface area (Å²) in [6.45, 7) is 10.6. The fourth-order valence-corrected chi connectivity index (χ4v) is 1.50. The fourth-order valence-electron chi connectivity index (χ4n) is 1.50. The molecule has 0 fully saturated rings. The van der Waals surface area contributed by atoms with Gasteiger partial charge in [-0.15, -0.1) is 0 Å². The summed E-state index contributed by atoms with van der Waals surface area (Å²) in [5.41, 5.74) is -0.138. The van der Waals surface area contributed by atoms with Crippen LogP contribution < -0.4 is 0 Å². The van der Waals surface area contributed by atoms with E-state index < -0.39 is 0 Å². The highest BCUT2D eigenvalue weighted by Crippen LogP contribution is 2.13. The summed E-state index contributed by atoms with van der Waals surface area (Å²) in [5, 5.41) is 0. The molecule has 0 heterocycles. The van der Waals surface area contributed by atoms with Gasteiger partial charge in [0.25, 0.3) is 0 Å². The first-order valence-corrected chi connectivity index (χ1v) is 6.38. The third-order valence-corrected chi connectivity index (χ3v) is 2.78. The van der Waals surface area contributed by atoms with Crippen LogP contribution in [0.5, 0.6) is 0 Å². The SMILES string of the molecule is CCCN(CCC(C)(C)OC)CC(=O)OCC. The van der Waals surface area contributed by atoms with E-state index in [4.69, 9.17) is 9.47 Å². The van der Waals surface area contributed by atoms with Gasteiger partial charge in [0.05, 0.1) is 18.8 Å². The summed E-state index contributed by atoms with van der Waals surface area (Å²) in [5.74, 6) is -0.142. The van der Waals surface area contributed by atoms with E-state index in [0.717, 1.165) is 25.9 Å². The molecule has 0 atom stereocenters. The van der Waals surface area contributed by atoms with Crippen molar-refractivity contribution in [2.24, 2.45) is 0 Å². The van der Waals surface area contributed by atoms with Crippen molar-refractivity contribution in [2.75, 3.05) is 33.4 Å². The fraction of sp³-hybridized carbons (Fsp3) is 0.923. The van der Waals surface area contributed by atoms with E-state index in [-0.39, 0.29) is 11.6 Å². The number of rotatable bonds is 9. The lowest BCUT2D eigenvalue weighted by atomic mass is 10.1. The Kier molecular flexibility index (Phi) is 8.17. The van der Waals surface area contributed by atoms with Crippen LogP contribution in [-0.2, 0) is 14.3 Å². The highest BCUT2D eigenvalue weighted by Gasteiger charge is 2.19. The second kappa shape index (κ2) is 8.48. The van der Waals surface area contributed by atoms with Crippen LogP contribution in [0, 0.1) is 0 Å². The number of ether oxygens (including phenoxy) is 2. The van der Waals surface area contributed by atoms with E-state index in [2.05, 4.69) is 25.7 Å². The Morgan fingerprint density at radius 3 is 2.35 bits per heavy atom. The van der Waals surface area contributed by atoms with E-state index in [0.29, 0.717) is 13.2 Å². The first-order valence-electron chi connectivity index (χ1n) is 6.38. The zero-order valence-corrected chi connectivity index (χ0v) is 11.9. The molecule has 0 N–H and O–H groups in total. The summed E-state index contributed by atoms with van der Waals surface area (Å²) < 4.78 is 10.3. The van der Waals surface area contributed by atoms with Crippen molar-refractivity contribution in [3.05, 3.63) is 0 Å². The van der Waals surface area contributed by atoms with Crippen molar-refractivity contribution in [3.8, 4) is 0 Å². The molecule has 4 heteroatoms. The largest absolute Gasteiger partial charge is 0.465 e. The molecule has 0 radical (unpaired) electrons. The second-order valence-electron chi connectivity index (χ2n) is 4.79. The molecule has 0 aromatic heterocycles. The van der Waals surface area contributed by atoms with Crippen molar-refractivity contribution < 1.29 is 14.3 Å². The molecule has 102 valence electrons. The predicted octanol–water partition coefficient (Wildman–Crippen LogP) is 2.08. The van der Waals surface area contributed by atoms with Gasteiger partial charge in [-0.05, 0) is 40.2 Å². The molecule has 17 heavy (non-hydrogen) atoms. The molecule has 0 saturated heterocycles. The Hall–Kier alpha value is -0.610. The molecule has 4 nitrogen and oxygen atoms in total. The number of carbonyl (C=O) groups is 1. The smallest absolute Gasteiger partial charge is 0.320 e. The number of methoxy groups -OCH3 is 1. The Balaban J connectivity index is 4.10. The van der Waals surface area contributed by atoms with Crippen LogP contribution >= 0.6 is 0 Å². The number of nitrogens with zero attached hydrogens (tertiary/aromatic N) is 1.